The van der Waals surface area contributed by atoms with Gasteiger partial charge in [0.2, 0.25) is 0 Å². The maximum Gasteiger partial charge on any atom is 0.314 e. The summed E-state index contributed by atoms with van der Waals surface area (Å²) in [6, 6.07) is 18.1. The van der Waals surface area contributed by atoms with E-state index in [4.69, 9.17) is 16.3 Å². The van der Waals surface area contributed by atoms with Gasteiger partial charge in [-0.1, -0.05) is 67.9 Å². The van der Waals surface area contributed by atoms with Crippen LogP contribution in [-0.2, 0) is 15.6 Å². The zero-order valence-corrected chi connectivity index (χ0v) is 17.4. The van der Waals surface area contributed by atoms with Crippen molar-refractivity contribution in [3.05, 3.63) is 70.7 Å². The summed E-state index contributed by atoms with van der Waals surface area (Å²) in [5.74, 6) is 0. The average molecular weight is 401 g/mol. The van der Waals surface area contributed by atoms with Gasteiger partial charge in [0.05, 0.1) is 0 Å². The molecular formula is C23H29ClN2O2. The van der Waals surface area contributed by atoms with Crippen molar-refractivity contribution in [2.75, 3.05) is 26.3 Å². The molecule has 1 heterocycles. The Morgan fingerprint density at radius 2 is 1.79 bits per heavy atom. The highest BCUT2D eigenvalue weighted by Crippen LogP contribution is 2.34. The minimum absolute atomic E-state index is 0.0701. The van der Waals surface area contributed by atoms with Crippen LogP contribution in [0.15, 0.2) is 54.6 Å². The zero-order chi connectivity index (χ0) is 20.0. The van der Waals surface area contributed by atoms with E-state index in [0.717, 1.165) is 31.6 Å². The van der Waals surface area contributed by atoms with E-state index >= 15 is 0 Å². The number of ether oxygens (including phenoxy) is 1. The predicted octanol–water partition coefficient (Wildman–Crippen LogP) is 4.67. The molecular weight excluding hydrogens is 372 g/mol. The molecule has 0 saturated carbocycles. The van der Waals surface area contributed by atoms with Crippen LogP contribution in [0.1, 0.15) is 37.8 Å². The van der Waals surface area contributed by atoms with Crippen molar-refractivity contribution in [2.24, 2.45) is 0 Å². The Balaban J connectivity index is 1.59. The number of urea groups is 1. The second-order valence-electron chi connectivity index (χ2n) is 8.19. The fraction of sp³-hybridized carbons (Fsp3) is 0.435. The van der Waals surface area contributed by atoms with Crippen molar-refractivity contribution < 1.29 is 9.53 Å². The second kappa shape index (κ2) is 8.97. The first kappa shape index (κ1) is 20.7. The maximum atomic E-state index is 12.5. The summed E-state index contributed by atoms with van der Waals surface area (Å²) in [4.78, 5) is 12.5. The molecule has 0 atom stereocenters. The van der Waals surface area contributed by atoms with Crippen LogP contribution in [0.5, 0.6) is 0 Å². The number of halogens is 1. The molecule has 0 aromatic heterocycles. The van der Waals surface area contributed by atoms with Gasteiger partial charge in [0.15, 0.2) is 0 Å². The maximum absolute atomic E-state index is 12.5. The molecule has 2 N–H and O–H groups in total. The zero-order valence-electron chi connectivity index (χ0n) is 16.6. The largest absolute Gasteiger partial charge is 0.381 e. The number of amides is 2. The van der Waals surface area contributed by atoms with Crippen LogP contribution >= 0.6 is 11.6 Å². The van der Waals surface area contributed by atoms with Crippen molar-refractivity contribution in [1.29, 1.82) is 0 Å². The molecule has 4 nitrogen and oxygen atoms in total. The Kier molecular flexibility index (Phi) is 6.63. The van der Waals surface area contributed by atoms with Gasteiger partial charge in [-0.25, -0.2) is 4.79 Å². The lowest BCUT2D eigenvalue weighted by Crippen LogP contribution is -2.49. The Hall–Kier alpha value is -2.04. The van der Waals surface area contributed by atoms with Gasteiger partial charge in [-0.2, -0.15) is 0 Å². The number of carbonyl (C=O) groups excluding carboxylic acids is 1. The number of rotatable bonds is 6. The minimum atomic E-state index is -0.210. The molecule has 2 amide bonds. The van der Waals surface area contributed by atoms with Crippen molar-refractivity contribution in [1.82, 2.24) is 10.6 Å². The Labute approximate surface area is 172 Å². The third-order valence-electron chi connectivity index (χ3n) is 5.72. The minimum Gasteiger partial charge on any atom is -0.381 e. The van der Waals surface area contributed by atoms with E-state index in [9.17, 15) is 4.79 Å². The summed E-state index contributed by atoms with van der Waals surface area (Å²) in [5.41, 5.74) is 2.08. The summed E-state index contributed by atoms with van der Waals surface area (Å²) in [7, 11) is 0. The van der Waals surface area contributed by atoms with E-state index in [1.165, 1.54) is 5.56 Å². The van der Waals surface area contributed by atoms with E-state index in [2.05, 4.69) is 48.7 Å². The Morgan fingerprint density at radius 1 is 1.07 bits per heavy atom. The standard InChI is InChI=1S/C23H29ClN2O2/c1-22(2,19-9-6-10-20(24)15-19)16-25-21(27)26-17-23(11-13-28-14-12-23)18-7-4-3-5-8-18/h3-10,15H,11-14,16-17H2,1-2H3,(H2,25,26,27). The molecule has 5 heteroatoms. The average Bonchev–Trinajstić information content (AvgIpc) is 2.72. The normalized spacial score (nSPS) is 16.4. The van der Waals surface area contributed by atoms with Gasteiger partial charge in [0.25, 0.3) is 0 Å². The highest BCUT2D eigenvalue weighted by molar-refractivity contribution is 6.30. The number of benzene rings is 2. The summed E-state index contributed by atoms with van der Waals surface area (Å²) in [5, 5.41) is 6.83. The predicted molar refractivity (Wildman–Crippen MR) is 114 cm³/mol. The first-order chi connectivity index (χ1) is 13.4. The summed E-state index contributed by atoms with van der Waals surface area (Å²) in [6.45, 7) is 6.77. The number of hydrogen-bond acceptors (Lipinski definition) is 2. The van der Waals surface area contributed by atoms with Gasteiger partial charge in [-0.15, -0.1) is 0 Å². The molecule has 150 valence electrons. The van der Waals surface area contributed by atoms with Gasteiger partial charge in [-0.3, -0.25) is 0 Å². The van der Waals surface area contributed by atoms with Crippen LogP contribution in [0, 0.1) is 0 Å². The van der Waals surface area contributed by atoms with Crippen LogP contribution in [-0.4, -0.2) is 32.3 Å². The molecule has 0 spiro atoms. The topological polar surface area (TPSA) is 50.4 Å². The molecule has 2 aromatic rings. The molecule has 2 aromatic carbocycles. The molecule has 1 saturated heterocycles. The quantitative estimate of drug-likeness (QED) is 0.740. The third kappa shape index (κ3) is 5.06. The lowest BCUT2D eigenvalue weighted by atomic mass is 9.74. The summed E-state index contributed by atoms with van der Waals surface area (Å²) in [6.07, 6.45) is 1.82. The van der Waals surface area contributed by atoms with Crippen molar-refractivity contribution in [3.8, 4) is 0 Å². The summed E-state index contributed by atoms with van der Waals surface area (Å²) >= 11 is 6.11. The van der Waals surface area contributed by atoms with Crippen molar-refractivity contribution in [2.45, 2.75) is 37.5 Å². The Bertz CT molecular complexity index is 786. The molecule has 0 bridgehead atoms. The molecule has 1 aliphatic heterocycles. The smallest absolute Gasteiger partial charge is 0.314 e. The highest BCUT2D eigenvalue weighted by Gasteiger charge is 2.34. The second-order valence-corrected chi connectivity index (χ2v) is 8.63. The first-order valence-electron chi connectivity index (χ1n) is 9.82. The van der Waals surface area contributed by atoms with E-state index < -0.39 is 0 Å². The fourth-order valence-corrected chi connectivity index (χ4v) is 3.94. The monoisotopic (exact) mass is 400 g/mol. The SMILES string of the molecule is CC(C)(CNC(=O)NCC1(c2ccccc2)CCOCC1)c1cccc(Cl)c1. The first-order valence-corrected chi connectivity index (χ1v) is 10.2. The molecule has 0 unspecified atom stereocenters. The van der Waals surface area contributed by atoms with Gasteiger partial charge < -0.3 is 15.4 Å². The lowest BCUT2D eigenvalue weighted by molar-refractivity contribution is 0.0507. The van der Waals surface area contributed by atoms with E-state index in [-0.39, 0.29) is 16.9 Å². The van der Waals surface area contributed by atoms with E-state index in [1.54, 1.807) is 0 Å². The lowest BCUT2D eigenvalue weighted by Gasteiger charge is -2.38. The molecule has 3 rings (SSSR count). The third-order valence-corrected chi connectivity index (χ3v) is 5.96. The van der Waals surface area contributed by atoms with Crippen LogP contribution in [0.25, 0.3) is 0 Å². The van der Waals surface area contributed by atoms with Crippen LogP contribution in [0.4, 0.5) is 4.79 Å². The van der Waals surface area contributed by atoms with Crippen LogP contribution in [0.3, 0.4) is 0 Å². The van der Waals surface area contributed by atoms with Crippen LogP contribution < -0.4 is 10.6 Å². The van der Waals surface area contributed by atoms with Gasteiger partial charge in [-0.05, 0) is 36.1 Å². The van der Waals surface area contributed by atoms with Crippen LogP contribution in [0.2, 0.25) is 5.02 Å². The van der Waals surface area contributed by atoms with Crippen molar-refractivity contribution in [3.63, 3.8) is 0 Å². The fourth-order valence-electron chi connectivity index (χ4n) is 3.75. The summed E-state index contributed by atoms with van der Waals surface area (Å²) < 4.78 is 5.56. The molecule has 0 aliphatic carbocycles. The molecule has 28 heavy (non-hydrogen) atoms. The van der Waals surface area contributed by atoms with Gasteiger partial charge in [0, 0.05) is 42.2 Å². The van der Waals surface area contributed by atoms with Gasteiger partial charge in [0.1, 0.15) is 0 Å². The molecule has 1 fully saturated rings. The molecule has 1 aliphatic rings. The number of carbonyl (C=O) groups is 1. The van der Waals surface area contributed by atoms with Crippen molar-refractivity contribution >= 4 is 17.6 Å². The molecule has 0 radical (unpaired) electrons. The van der Waals surface area contributed by atoms with Gasteiger partial charge >= 0.3 is 6.03 Å². The number of hydrogen-bond donors (Lipinski definition) is 2. The highest BCUT2D eigenvalue weighted by atomic mass is 35.5. The Morgan fingerprint density at radius 3 is 2.46 bits per heavy atom. The van der Waals surface area contributed by atoms with E-state index in [1.807, 2.05) is 30.3 Å². The van der Waals surface area contributed by atoms with E-state index in [0.29, 0.717) is 18.1 Å². The number of nitrogens with one attached hydrogen (secondary N) is 2.